The number of carbonyl (C=O) groups is 3. The summed E-state index contributed by atoms with van der Waals surface area (Å²) in [7, 11) is 1.38. The minimum Gasteiger partial charge on any atom is -0.395 e. The van der Waals surface area contributed by atoms with Gasteiger partial charge in [-0.05, 0) is 50.1 Å². The zero-order valence-corrected chi connectivity index (χ0v) is 20.5. The summed E-state index contributed by atoms with van der Waals surface area (Å²) in [6.07, 6.45) is 0.936. The normalized spacial score (nSPS) is 14.5. The summed E-state index contributed by atoms with van der Waals surface area (Å²) < 4.78 is 19.0. The third-order valence-corrected chi connectivity index (χ3v) is 6.06. The minimum absolute atomic E-state index is 0.0702. The van der Waals surface area contributed by atoms with Gasteiger partial charge in [-0.2, -0.15) is 0 Å². The standard InChI is InChI=1S/C25H31FN4O6/c1-14-20(13-18-17-12-16(26)4-5-19(17)29-23(18)33)28-15(2)22(14)24(34)27-7-6-21(36-3)25(35)30(8-10-31)9-11-32/h4-5,12-13,21,28,31-32H,6-11H2,1-3H3,(H,27,34)(H,29,33)/b18-13-/t21-/m0/s1. The molecule has 10 nitrogen and oxygen atoms in total. The Hall–Kier alpha value is -3.54. The van der Waals surface area contributed by atoms with Gasteiger partial charge in [0.05, 0.1) is 24.4 Å². The summed E-state index contributed by atoms with van der Waals surface area (Å²) in [6, 6.07) is 4.06. The molecule has 0 bridgehead atoms. The van der Waals surface area contributed by atoms with Crippen LogP contribution in [-0.2, 0) is 14.3 Å². The fourth-order valence-electron chi connectivity index (χ4n) is 4.23. The van der Waals surface area contributed by atoms with Crippen LogP contribution in [0.1, 0.15) is 39.3 Å². The molecule has 1 atom stereocenters. The third kappa shape index (κ3) is 5.81. The number of aliphatic hydroxyl groups excluding tert-OH is 2. The van der Waals surface area contributed by atoms with Gasteiger partial charge in [-0.3, -0.25) is 14.4 Å². The van der Waals surface area contributed by atoms with E-state index in [0.29, 0.717) is 33.8 Å². The predicted molar refractivity (Wildman–Crippen MR) is 132 cm³/mol. The van der Waals surface area contributed by atoms with Crippen molar-refractivity contribution >= 4 is 35.1 Å². The molecule has 0 aliphatic carbocycles. The van der Waals surface area contributed by atoms with E-state index in [2.05, 4.69) is 15.6 Å². The number of aryl methyl sites for hydroxylation is 1. The molecule has 0 unspecified atom stereocenters. The van der Waals surface area contributed by atoms with E-state index >= 15 is 0 Å². The Balaban J connectivity index is 1.71. The fourth-order valence-corrected chi connectivity index (χ4v) is 4.23. The number of fused-ring (bicyclic) bond motifs is 1. The highest BCUT2D eigenvalue weighted by Crippen LogP contribution is 2.34. The number of anilines is 1. The van der Waals surface area contributed by atoms with Crippen molar-refractivity contribution < 1.29 is 33.7 Å². The van der Waals surface area contributed by atoms with E-state index in [1.807, 2.05) is 0 Å². The molecule has 5 N–H and O–H groups in total. The van der Waals surface area contributed by atoms with Crippen LogP contribution in [0.5, 0.6) is 0 Å². The molecule has 3 rings (SSSR count). The maximum absolute atomic E-state index is 13.7. The van der Waals surface area contributed by atoms with Crippen molar-refractivity contribution in [3.63, 3.8) is 0 Å². The first kappa shape index (κ1) is 27.1. The number of hydrogen-bond acceptors (Lipinski definition) is 6. The first-order chi connectivity index (χ1) is 17.2. The lowest BCUT2D eigenvalue weighted by Gasteiger charge is -2.25. The van der Waals surface area contributed by atoms with Gasteiger partial charge in [0.15, 0.2) is 0 Å². The van der Waals surface area contributed by atoms with Crippen LogP contribution in [0, 0.1) is 19.7 Å². The number of nitrogens with zero attached hydrogens (tertiary/aromatic N) is 1. The summed E-state index contributed by atoms with van der Waals surface area (Å²) in [6.45, 7) is 3.27. The zero-order chi connectivity index (χ0) is 26.4. The van der Waals surface area contributed by atoms with Gasteiger partial charge < -0.3 is 35.5 Å². The third-order valence-electron chi connectivity index (χ3n) is 6.06. The van der Waals surface area contributed by atoms with Crippen molar-refractivity contribution in [3.8, 4) is 0 Å². The van der Waals surface area contributed by atoms with E-state index in [0.717, 1.165) is 0 Å². The topological polar surface area (TPSA) is 144 Å². The SMILES string of the molecule is CO[C@@H](CCNC(=O)c1c(C)[nH]c(/C=C2\C(=O)Nc3ccc(F)cc32)c1C)C(=O)N(CCO)CCO. The van der Waals surface area contributed by atoms with Crippen LogP contribution in [-0.4, -0.2) is 83.9 Å². The highest BCUT2D eigenvalue weighted by Gasteiger charge is 2.27. The maximum Gasteiger partial charge on any atom is 0.256 e. The number of aliphatic hydroxyl groups is 2. The summed E-state index contributed by atoms with van der Waals surface area (Å²) in [5, 5.41) is 23.8. The molecule has 3 amide bonds. The van der Waals surface area contributed by atoms with Gasteiger partial charge >= 0.3 is 0 Å². The molecule has 1 aromatic heterocycles. The Morgan fingerprint density at radius 3 is 2.56 bits per heavy atom. The minimum atomic E-state index is -0.849. The lowest BCUT2D eigenvalue weighted by molar-refractivity contribution is -0.143. The van der Waals surface area contributed by atoms with Gasteiger partial charge in [-0.25, -0.2) is 4.39 Å². The second kappa shape index (κ2) is 11.9. The summed E-state index contributed by atoms with van der Waals surface area (Å²) >= 11 is 0. The lowest BCUT2D eigenvalue weighted by Crippen LogP contribution is -2.44. The van der Waals surface area contributed by atoms with Crippen molar-refractivity contribution in [1.82, 2.24) is 15.2 Å². The molecule has 194 valence electrons. The molecule has 2 heterocycles. The number of ether oxygens (including phenoxy) is 1. The van der Waals surface area contributed by atoms with Crippen LogP contribution in [0.25, 0.3) is 11.6 Å². The van der Waals surface area contributed by atoms with Gasteiger partial charge in [0.2, 0.25) is 0 Å². The first-order valence-electron chi connectivity index (χ1n) is 11.5. The monoisotopic (exact) mass is 502 g/mol. The van der Waals surface area contributed by atoms with Crippen LogP contribution < -0.4 is 10.6 Å². The molecule has 11 heteroatoms. The summed E-state index contributed by atoms with van der Waals surface area (Å²) in [5.41, 5.74) is 3.42. The Labute approximate surface area is 208 Å². The molecule has 0 spiro atoms. The number of amides is 3. The van der Waals surface area contributed by atoms with E-state index in [1.165, 1.54) is 30.2 Å². The van der Waals surface area contributed by atoms with Crippen LogP contribution in [0.15, 0.2) is 18.2 Å². The number of hydrogen-bond donors (Lipinski definition) is 5. The van der Waals surface area contributed by atoms with E-state index in [9.17, 15) is 18.8 Å². The van der Waals surface area contributed by atoms with E-state index in [-0.39, 0.29) is 62.6 Å². The van der Waals surface area contributed by atoms with Crippen molar-refractivity contribution in [2.24, 2.45) is 0 Å². The van der Waals surface area contributed by atoms with Gasteiger partial charge in [0.25, 0.3) is 17.7 Å². The number of benzene rings is 1. The van der Waals surface area contributed by atoms with Gasteiger partial charge in [0, 0.05) is 49.4 Å². The van der Waals surface area contributed by atoms with Crippen LogP contribution in [0.2, 0.25) is 0 Å². The Morgan fingerprint density at radius 2 is 1.92 bits per heavy atom. The number of rotatable bonds is 11. The molecule has 0 saturated carbocycles. The highest BCUT2D eigenvalue weighted by atomic mass is 19.1. The van der Waals surface area contributed by atoms with E-state index in [1.54, 1.807) is 19.9 Å². The Morgan fingerprint density at radius 1 is 1.22 bits per heavy atom. The molecule has 2 aromatic rings. The van der Waals surface area contributed by atoms with E-state index < -0.39 is 11.9 Å². The molecule has 36 heavy (non-hydrogen) atoms. The molecular weight excluding hydrogens is 471 g/mol. The Kier molecular flexibility index (Phi) is 8.97. The fraction of sp³-hybridized carbons (Fsp3) is 0.400. The largest absolute Gasteiger partial charge is 0.395 e. The van der Waals surface area contributed by atoms with Gasteiger partial charge in [-0.1, -0.05) is 0 Å². The number of nitrogens with one attached hydrogen (secondary N) is 3. The average Bonchev–Trinajstić information content (AvgIpc) is 3.30. The molecule has 1 aliphatic heterocycles. The molecule has 1 aromatic carbocycles. The second-order valence-corrected chi connectivity index (χ2v) is 8.41. The number of H-pyrrole nitrogens is 1. The molecule has 1 aliphatic rings. The van der Waals surface area contributed by atoms with Crippen LogP contribution >= 0.6 is 0 Å². The van der Waals surface area contributed by atoms with Crippen LogP contribution in [0.4, 0.5) is 10.1 Å². The number of methoxy groups -OCH3 is 1. The van der Waals surface area contributed by atoms with Crippen molar-refractivity contribution in [2.75, 3.05) is 45.3 Å². The number of aromatic amines is 1. The summed E-state index contributed by atoms with van der Waals surface area (Å²) in [4.78, 5) is 42.4. The molecule has 0 saturated heterocycles. The van der Waals surface area contributed by atoms with Gasteiger partial charge in [0.1, 0.15) is 11.9 Å². The van der Waals surface area contributed by atoms with Crippen molar-refractivity contribution in [3.05, 3.63) is 52.1 Å². The lowest BCUT2D eigenvalue weighted by atomic mass is 10.0. The predicted octanol–water partition coefficient (Wildman–Crippen LogP) is 1.21. The van der Waals surface area contributed by atoms with Crippen molar-refractivity contribution in [1.29, 1.82) is 0 Å². The van der Waals surface area contributed by atoms with Crippen LogP contribution in [0.3, 0.4) is 0 Å². The summed E-state index contributed by atoms with van der Waals surface area (Å²) in [5.74, 6) is -1.57. The zero-order valence-electron chi connectivity index (χ0n) is 20.5. The first-order valence-corrected chi connectivity index (χ1v) is 11.5. The average molecular weight is 503 g/mol. The molecule has 0 fully saturated rings. The molecule has 0 radical (unpaired) electrons. The molecular formula is C25H31FN4O6. The maximum atomic E-state index is 13.7. The second-order valence-electron chi connectivity index (χ2n) is 8.41. The van der Waals surface area contributed by atoms with Crippen molar-refractivity contribution in [2.45, 2.75) is 26.4 Å². The Bertz CT molecular complexity index is 1170. The highest BCUT2D eigenvalue weighted by molar-refractivity contribution is 6.34. The van der Waals surface area contributed by atoms with Gasteiger partial charge in [-0.15, -0.1) is 0 Å². The number of aromatic nitrogens is 1. The van der Waals surface area contributed by atoms with E-state index in [4.69, 9.17) is 14.9 Å². The quantitative estimate of drug-likeness (QED) is 0.292. The number of carbonyl (C=O) groups excluding carboxylic acids is 3. The smallest absolute Gasteiger partial charge is 0.256 e. The number of halogens is 1.